The van der Waals surface area contributed by atoms with E-state index in [-0.39, 0.29) is 11.3 Å². The highest BCUT2D eigenvalue weighted by Gasteiger charge is 2.13. The molecule has 0 spiro atoms. The van der Waals surface area contributed by atoms with Crippen LogP contribution < -0.4 is 4.74 Å². The van der Waals surface area contributed by atoms with E-state index in [1.165, 1.54) is 6.07 Å². The Morgan fingerprint density at radius 2 is 2.33 bits per heavy atom. The molecule has 0 aliphatic heterocycles. The van der Waals surface area contributed by atoms with Crippen LogP contribution in [0.2, 0.25) is 0 Å². The summed E-state index contributed by atoms with van der Waals surface area (Å²) in [5.41, 5.74) is 0.585. The molecule has 1 aromatic rings. The van der Waals surface area contributed by atoms with E-state index in [1.54, 1.807) is 12.1 Å². The molecule has 0 aliphatic rings. The van der Waals surface area contributed by atoms with Crippen molar-refractivity contribution in [1.29, 1.82) is 0 Å². The molecule has 0 aromatic heterocycles. The molecule has 0 radical (unpaired) electrons. The molecule has 0 amide bonds. The third-order valence-corrected chi connectivity index (χ3v) is 1.85. The van der Waals surface area contributed by atoms with Crippen LogP contribution in [0.1, 0.15) is 29.3 Å². The van der Waals surface area contributed by atoms with Crippen molar-refractivity contribution < 1.29 is 14.6 Å². The summed E-state index contributed by atoms with van der Waals surface area (Å²) in [5.74, 6) is 1.67. The zero-order chi connectivity index (χ0) is 11.3. The Labute approximate surface area is 88.7 Å². The monoisotopic (exact) mass is 204 g/mol. The maximum atomic E-state index is 10.9. The van der Waals surface area contributed by atoms with E-state index in [0.29, 0.717) is 12.2 Å². The first-order chi connectivity index (χ1) is 7.20. The molecule has 0 fully saturated rings. The van der Waals surface area contributed by atoms with Gasteiger partial charge in [0.25, 0.3) is 0 Å². The Morgan fingerprint density at radius 3 is 2.87 bits per heavy atom. The highest BCUT2D eigenvalue weighted by molar-refractivity contribution is 5.91. The number of benzene rings is 1. The fraction of sp³-hybridized carbons (Fsp3) is 0.250. The average Bonchev–Trinajstić information content (AvgIpc) is 2.25. The number of para-hydroxylation sites is 1. The lowest BCUT2D eigenvalue weighted by Gasteiger charge is -2.09. The van der Waals surface area contributed by atoms with Crippen LogP contribution in [-0.2, 0) is 0 Å². The number of hydrogen-bond acceptors (Lipinski definition) is 2. The highest BCUT2D eigenvalue weighted by Crippen LogP contribution is 2.23. The van der Waals surface area contributed by atoms with Crippen LogP contribution >= 0.6 is 0 Å². The molecule has 3 nitrogen and oxygen atoms in total. The van der Waals surface area contributed by atoms with Gasteiger partial charge in [0.15, 0.2) is 0 Å². The van der Waals surface area contributed by atoms with Crippen LogP contribution in [0.15, 0.2) is 18.2 Å². The van der Waals surface area contributed by atoms with Crippen LogP contribution in [-0.4, -0.2) is 17.7 Å². The fourth-order valence-corrected chi connectivity index (χ4v) is 1.18. The molecule has 15 heavy (non-hydrogen) atoms. The first kappa shape index (κ1) is 11.1. The molecule has 1 aromatic carbocycles. The third-order valence-electron chi connectivity index (χ3n) is 1.85. The standard InChI is InChI=1S/C12H12O3/c1-3-8-15-11-9(4-2)6-5-7-10(11)12(13)14/h2,5-7H,3,8H2,1H3,(H,13,14). The van der Waals surface area contributed by atoms with E-state index in [1.807, 2.05) is 6.92 Å². The predicted octanol–water partition coefficient (Wildman–Crippen LogP) is 2.15. The summed E-state index contributed by atoms with van der Waals surface area (Å²) in [4.78, 5) is 10.9. The maximum Gasteiger partial charge on any atom is 0.339 e. The zero-order valence-corrected chi connectivity index (χ0v) is 8.49. The number of rotatable bonds is 4. The Bertz CT molecular complexity index is 402. The average molecular weight is 204 g/mol. The van der Waals surface area contributed by atoms with Crippen molar-refractivity contribution >= 4 is 5.97 Å². The van der Waals surface area contributed by atoms with E-state index >= 15 is 0 Å². The minimum Gasteiger partial charge on any atom is -0.491 e. The molecule has 1 N–H and O–H groups in total. The van der Waals surface area contributed by atoms with Crippen molar-refractivity contribution in [3.63, 3.8) is 0 Å². The lowest BCUT2D eigenvalue weighted by molar-refractivity contribution is 0.0692. The normalized spacial score (nSPS) is 9.33. The number of aromatic carboxylic acids is 1. The van der Waals surface area contributed by atoms with Gasteiger partial charge < -0.3 is 9.84 Å². The van der Waals surface area contributed by atoms with Crippen LogP contribution in [0, 0.1) is 12.3 Å². The van der Waals surface area contributed by atoms with E-state index in [0.717, 1.165) is 6.42 Å². The van der Waals surface area contributed by atoms with Crippen LogP contribution in [0.25, 0.3) is 0 Å². The molecule has 1 rings (SSSR count). The molecular weight excluding hydrogens is 192 g/mol. The largest absolute Gasteiger partial charge is 0.491 e. The topological polar surface area (TPSA) is 46.5 Å². The van der Waals surface area contributed by atoms with Crippen LogP contribution in [0.3, 0.4) is 0 Å². The Kier molecular flexibility index (Phi) is 3.75. The summed E-state index contributed by atoms with van der Waals surface area (Å²) in [6.45, 7) is 2.40. The molecule has 3 heteroatoms. The molecule has 0 aliphatic carbocycles. The lowest BCUT2D eigenvalue weighted by Crippen LogP contribution is -2.05. The lowest BCUT2D eigenvalue weighted by atomic mass is 10.1. The van der Waals surface area contributed by atoms with Gasteiger partial charge in [0.05, 0.1) is 12.2 Å². The van der Waals surface area contributed by atoms with Crippen molar-refractivity contribution in [3.8, 4) is 18.1 Å². The van der Waals surface area contributed by atoms with E-state index in [9.17, 15) is 4.79 Å². The Balaban J connectivity index is 3.16. The smallest absolute Gasteiger partial charge is 0.339 e. The summed E-state index contributed by atoms with van der Waals surface area (Å²) in [5, 5.41) is 8.94. The van der Waals surface area contributed by atoms with Gasteiger partial charge in [-0.05, 0) is 18.6 Å². The predicted molar refractivity (Wildman–Crippen MR) is 57.1 cm³/mol. The molecular formula is C12H12O3. The number of carboxylic acids is 1. The summed E-state index contributed by atoms with van der Waals surface area (Å²) >= 11 is 0. The molecule has 0 atom stereocenters. The van der Waals surface area contributed by atoms with Gasteiger partial charge in [0, 0.05) is 0 Å². The minimum atomic E-state index is -1.03. The van der Waals surface area contributed by atoms with Gasteiger partial charge in [-0.25, -0.2) is 4.79 Å². The van der Waals surface area contributed by atoms with Gasteiger partial charge in [-0.2, -0.15) is 0 Å². The fourth-order valence-electron chi connectivity index (χ4n) is 1.18. The van der Waals surface area contributed by atoms with E-state index in [4.69, 9.17) is 16.3 Å². The zero-order valence-electron chi connectivity index (χ0n) is 8.49. The molecule has 0 bridgehead atoms. The molecule has 0 saturated heterocycles. The van der Waals surface area contributed by atoms with Crippen molar-refractivity contribution in [1.82, 2.24) is 0 Å². The van der Waals surface area contributed by atoms with Gasteiger partial charge in [-0.15, -0.1) is 6.42 Å². The SMILES string of the molecule is C#Cc1cccc(C(=O)O)c1OCCC. The second kappa shape index (κ2) is 5.06. The summed E-state index contributed by atoms with van der Waals surface area (Å²) in [6, 6.07) is 4.75. The number of terminal acetylenes is 1. The van der Waals surface area contributed by atoms with Crippen molar-refractivity contribution in [3.05, 3.63) is 29.3 Å². The van der Waals surface area contributed by atoms with Crippen molar-refractivity contribution in [2.75, 3.05) is 6.61 Å². The first-order valence-corrected chi connectivity index (χ1v) is 4.66. The maximum absolute atomic E-state index is 10.9. The quantitative estimate of drug-likeness (QED) is 0.764. The van der Waals surface area contributed by atoms with Gasteiger partial charge in [0.1, 0.15) is 11.3 Å². The van der Waals surface area contributed by atoms with Crippen molar-refractivity contribution in [2.24, 2.45) is 0 Å². The number of hydrogen-bond donors (Lipinski definition) is 1. The molecule has 0 saturated carbocycles. The van der Waals surface area contributed by atoms with Crippen LogP contribution in [0.5, 0.6) is 5.75 Å². The van der Waals surface area contributed by atoms with E-state index in [2.05, 4.69) is 5.92 Å². The number of carboxylic acid groups (broad SMARTS) is 1. The summed E-state index contributed by atoms with van der Waals surface area (Å²) in [6.07, 6.45) is 6.07. The summed E-state index contributed by atoms with van der Waals surface area (Å²) in [7, 11) is 0. The van der Waals surface area contributed by atoms with Gasteiger partial charge >= 0.3 is 5.97 Å². The van der Waals surface area contributed by atoms with Gasteiger partial charge in [-0.3, -0.25) is 0 Å². The van der Waals surface area contributed by atoms with E-state index < -0.39 is 5.97 Å². The van der Waals surface area contributed by atoms with Gasteiger partial charge in [0.2, 0.25) is 0 Å². The van der Waals surface area contributed by atoms with Gasteiger partial charge in [-0.1, -0.05) is 18.9 Å². The van der Waals surface area contributed by atoms with Crippen molar-refractivity contribution in [2.45, 2.75) is 13.3 Å². The number of carbonyl (C=O) groups is 1. The van der Waals surface area contributed by atoms with Crippen LogP contribution in [0.4, 0.5) is 0 Å². The minimum absolute atomic E-state index is 0.110. The Hall–Kier alpha value is -1.95. The Morgan fingerprint density at radius 1 is 1.60 bits per heavy atom. The molecule has 0 heterocycles. The molecule has 0 unspecified atom stereocenters. The highest BCUT2D eigenvalue weighted by atomic mass is 16.5. The summed E-state index contributed by atoms with van der Waals surface area (Å²) < 4.78 is 5.35. The second-order valence-corrected chi connectivity index (χ2v) is 2.98. The first-order valence-electron chi connectivity index (χ1n) is 4.66. The molecule has 78 valence electrons. The second-order valence-electron chi connectivity index (χ2n) is 2.98. The third kappa shape index (κ3) is 2.50. The number of ether oxygens (including phenoxy) is 1.